The number of carbonyl (C=O) groups excluding carboxylic acids is 1. The fraction of sp³-hybridized carbons (Fsp3) is 0.444. The molecule has 1 fully saturated rings. The smallest absolute Gasteiger partial charge is 0.242 e. The number of carbonyl (C=O) groups is 1. The molecule has 2 atom stereocenters. The second-order valence-electron chi connectivity index (χ2n) is 6.15. The molecule has 2 heterocycles. The van der Waals surface area contributed by atoms with Crippen molar-refractivity contribution >= 4 is 22.4 Å². The molecule has 0 bridgehead atoms. The standard InChI is InChI=1S/C18H23N3OS/c1-14-7-6-10-16(15-8-4-3-5-9-15)21(14)13-17(22)20(2)18-19-11-12-23-18/h3-5,8-9,11-12,14,16H,6-7,10,13H2,1-2H3. The Labute approximate surface area is 141 Å². The first-order valence-corrected chi connectivity index (χ1v) is 9.01. The zero-order valence-corrected chi connectivity index (χ0v) is 14.5. The van der Waals surface area contributed by atoms with Crippen molar-refractivity contribution in [3.63, 3.8) is 0 Å². The quantitative estimate of drug-likeness (QED) is 0.858. The van der Waals surface area contributed by atoms with E-state index < -0.39 is 0 Å². The van der Waals surface area contributed by atoms with Crippen molar-refractivity contribution in [3.05, 3.63) is 47.5 Å². The third-order valence-corrected chi connectivity index (χ3v) is 5.50. The van der Waals surface area contributed by atoms with Crippen LogP contribution >= 0.6 is 11.3 Å². The van der Waals surface area contributed by atoms with Gasteiger partial charge in [-0.3, -0.25) is 14.6 Å². The fourth-order valence-electron chi connectivity index (χ4n) is 3.30. The maximum absolute atomic E-state index is 12.7. The van der Waals surface area contributed by atoms with Gasteiger partial charge in [0.15, 0.2) is 5.13 Å². The summed E-state index contributed by atoms with van der Waals surface area (Å²) in [5, 5.41) is 2.66. The van der Waals surface area contributed by atoms with Crippen molar-refractivity contribution in [2.24, 2.45) is 0 Å². The Morgan fingerprint density at radius 2 is 2.13 bits per heavy atom. The van der Waals surface area contributed by atoms with Gasteiger partial charge in [-0.1, -0.05) is 36.8 Å². The van der Waals surface area contributed by atoms with Crippen LogP contribution in [-0.2, 0) is 4.79 Å². The lowest BCUT2D eigenvalue weighted by atomic mass is 9.91. The van der Waals surface area contributed by atoms with Gasteiger partial charge >= 0.3 is 0 Å². The number of hydrogen-bond acceptors (Lipinski definition) is 4. The van der Waals surface area contributed by atoms with E-state index in [1.807, 2.05) is 18.5 Å². The molecule has 0 saturated carbocycles. The largest absolute Gasteiger partial charge is 0.290 e. The van der Waals surface area contributed by atoms with Crippen molar-refractivity contribution < 1.29 is 4.79 Å². The van der Waals surface area contributed by atoms with Crippen molar-refractivity contribution in [2.75, 3.05) is 18.5 Å². The number of likely N-dealkylation sites (tertiary alicyclic amines) is 1. The fourth-order valence-corrected chi connectivity index (χ4v) is 3.92. The minimum Gasteiger partial charge on any atom is -0.290 e. The van der Waals surface area contributed by atoms with Gasteiger partial charge in [0.2, 0.25) is 5.91 Å². The Morgan fingerprint density at radius 3 is 2.83 bits per heavy atom. The van der Waals surface area contributed by atoms with Crippen LogP contribution in [0.15, 0.2) is 41.9 Å². The van der Waals surface area contributed by atoms with Gasteiger partial charge in [-0.2, -0.15) is 0 Å². The molecule has 0 radical (unpaired) electrons. The lowest BCUT2D eigenvalue weighted by Gasteiger charge is -2.41. The van der Waals surface area contributed by atoms with Crippen LogP contribution in [0.1, 0.15) is 37.8 Å². The van der Waals surface area contributed by atoms with Crippen LogP contribution in [0.2, 0.25) is 0 Å². The van der Waals surface area contributed by atoms with Crippen molar-refractivity contribution in [1.29, 1.82) is 0 Å². The number of nitrogens with zero attached hydrogens (tertiary/aromatic N) is 3. The Hall–Kier alpha value is -1.72. The second kappa shape index (κ2) is 7.23. The maximum Gasteiger partial charge on any atom is 0.242 e. The minimum absolute atomic E-state index is 0.106. The monoisotopic (exact) mass is 329 g/mol. The lowest BCUT2D eigenvalue weighted by Crippen LogP contribution is -2.46. The Balaban J connectivity index is 1.76. The van der Waals surface area contributed by atoms with E-state index in [9.17, 15) is 4.79 Å². The average molecular weight is 329 g/mol. The van der Waals surface area contributed by atoms with Crippen LogP contribution in [-0.4, -0.2) is 35.4 Å². The van der Waals surface area contributed by atoms with E-state index in [4.69, 9.17) is 0 Å². The number of thiazole rings is 1. The molecule has 1 aromatic heterocycles. The number of piperidine rings is 1. The third kappa shape index (κ3) is 3.62. The zero-order chi connectivity index (χ0) is 16.2. The first-order valence-electron chi connectivity index (χ1n) is 8.13. The van der Waals surface area contributed by atoms with Crippen molar-refractivity contribution in [1.82, 2.24) is 9.88 Å². The average Bonchev–Trinajstić information content (AvgIpc) is 3.11. The molecule has 2 unspecified atom stereocenters. The molecule has 1 aromatic carbocycles. The molecule has 3 rings (SSSR count). The molecule has 5 heteroatoms. The minimum atomic E-state index is 0.106. The predicted molar refractivity (Wildman–Crippen MR) is 94.7 cm³/mol. The number of amides is 1. The van der Waals surface area contributed by atoms with Crippen LogP contribution in [0.5, 0.6) is 0 Å². The number of hydrogen-bond donors (Lipinski definition) is 0. The van der Waals surface area contributed by atoms with Crippen molar-refractivity contribution in [3.8, 4) is 0 Å². The van der Waals surface area contributed by atoms with E-state index in [1.54, 1.807) is 11.1 Å². The summed E-state index contributed by atoms with van der Waals surface area (Å²) < 4.78 is 0. The summed E-state index contributed by atoms with van der Waals surface area (Å²) in [5.41, 5.74) is 1.31. The summed E-state index contributed by atoms with van der Waals surface area (Å²) in [5.74, 6) is 0.106. The molecule has 0 aliphatic carbocycles. The highest BCUT2D eigenvalue weighted by molar-refractivity contribution is 7.13. The molecular weight excluding hydrogens is 306 g/mol. The first kappa shape index (κ1) is 16.1. The van der Waals surface area contributed by atoms with Gasteiger partial charge in [0, 0.05) is 30.7 Å². The van der Waals surface area contributed by atoms with Gasteiger partial charge in [-0.25, -0.2) is 4.98 Å². The summed E-state index contributed by atoms with van der Waals surface area (Å²) in [6.45, 7) is 2.67. The van der Waals surface area contributed by atoms with E-state index in [-0.39, 0.29) is 5.91 Å². The summed E-state index contributed by atoms with van der Waals surface area (Å²) in [6, 6.07) is 11.3. The number of benzene rings is 1. The molecular formula is C18H23N3OS. The van der Waals surface area contributed by atoms with Gasteiger partial charge < -0.3 is 0 Å². The van der Waals surface area contributed by atoms with Crippen LogP contribution in [0.25, 0.3) is 0 Å². The molecule has 2 aromatic rings. The molecule has 1 aliphatic rings. The Kier molecular flexibility index (Phi) is 5.08. The number of rotatable bonds is 4. The highest BCUT2D eigenvalue weighted by Gasteiger charge is 2.31. The number of aromatic nitrogens is 1. The molecule has 4 nitrogen and oxygen atoms in total. The maximum atomic E-state index is 12.7. The summed E-state index contributed by atoms with van der Waals surface area (Å²) in [4.78, 5) is 20.9. The Bertz CT molecular complexity index is 629. The van der Waals surface area contributed by atoms with E-state index in [0.29, 0.717) is 18.6 Å². The van der Waals surface area contributed by atoms with Gasteiger partial charge in [-0.15, -0.1) is 11.3 Å². The molecule has 1 aliphatic heterocycles. The first-order chi connectivity index (χ1) is 11.2. The van der Waals surface area contributed by atoms with E-state index >= 15 is 0 Å². The van der Waals surface area contributed by atoms with Gasteiger partial charge in [0.1, 0.15) is 0 Å². The Morgan fingerprint density at radius 1 is 1.35 bits per heavy atom. The molecule has 0 N–H and O–H groups in total. The zero-order valence-electron chi connectivity index (χ0n) is 13.7. The van der Waals surface area contributed by atoms with Crippen LogP contribution in [0.4, 0.5) is 5.13 Å². The summed E-state index contributed by atoms with van der Waals surface area (Å²) >= 11 is 1.49. The van der Waals surface area contributed by atoms with Gasteiger partial charge in [-0.05, 0) is 25.3 Å². The molecule has 1 amide bonds. The van der Waals surface area contributed by atoms with Gasteiger partial charge in [0.25, 0.3) is 0 Å². The SMILES string of the molecule is CC1CCCC(c2ccccc2)N1CC(=O)N(C)c1nccs1. The molecule has 1 saturated heterocycles. The van der Waals surface area contributed by atoms with Crippen LogP contribution in [0.3, 0.4) is 0 Å². The second-order valence-corrected chi connectivity index (χ2v) is 7.02. The number of likely N-dealkylation sites (N-methyl/N-ethyl adjacent to an activating group) is 1. The molecule has 0 spiro atoms. The van der Waals surface area contributed by atoms with Crippen molar-refractivity contribution in [2.45, 2.75) is 38.3 Å². The number of anilines is 1. The third-order valence-electron chi connectivity index (χ3n) is 4.65. The van der Waals surface area contributed by atoms with E-state index in [0.717, 1.165) is 18.0 Å². The normalized spacial score (nSPS) is 22.0. The molecule has 122 valence electrons. The summed E-state index contributed by atoms with van der Waals surface area (Å²) in [6.07, 6.45) is 5.22. The van der Waals surface area contributed by atoms with E-state index in [1.165, 1.54) is 23.3 Å². The lowest BCUT2D eigenvalue weighted by molar-refractivity contribution is -0.121. The van der Waals surface area contributed by atoms with Crippen LogP contribution in [0, 0.1) is 0 Å². The van der Waals surface area contributed by atoms with Gasteiger partial charge in [0.05, 0.1) is 6.54 Å². The highest BCUT2D eigenvalue weighted by Crippen LogP contribution is 2.34. The molecule has 23 heavy (non-hydrogen) atoms. The summed E-state index contributed by atoms with van der Waals surface area (Å²) in [7, 11) is 1.81. The highest BCUT2D eigenvalue weighted by atomic mass is 32.1. The van der Waals surface area contributed by atoms with E-state index in [2.05, 4.69) is 41.1 Å². The van der Waals surface area contributed by atoms with Crippen LogP contribution < -0.4 is 4.90 Å². The topological polar surface area (TPSA) is 36.4 Å². The predicted octanol–water partition coefficient (Wildman–Crippen LogP) is 3.72.